The number of carbonyl (C=O) groups excluding carboxylic acids is 1. The van der Waals surface area contributed by atoms with E-state index in [1.54, 1.807) is 6.07 Å². The van der Waals surface area contributed by atoms with E-state index < -0.39 is 0 Å². The minimum atomic E-state index is 0.00345. The number of nitrogens with zero attached hydrogens (tertiary/aromatic N) is 4. The van der Waals surface area contributed by atoms with Crippen molar-refractivity contribution in [3.8, 4) is 6.07 Å². The molecule has 1 aromatic carbocycles. The second-order valence-corrected chi connectivity index (χ2v) is 5.49. The fourth-order valence-electron chi connectivity index (χ4n) is 2.72. The molecule has 1 aliphatic heterocycles. The molecule has 0 atom stereocenters. The first-order valence-electron chi connectivity index (χ1n) is 7.59. The topological polar surface area (TPSA) is 81.9 Å². The average molecular weight is 307 g/mol. The largest absolute Gasteiger partial charge is 0.356 e. The molecule has 0 radical (unpaired) electrons. The van der Waals surface area contributed by atoms with Gasteiger partial charge in [0.25, 0.3) is 0 Å². The van der Waals surface area contributed by atoms with Crippen molar-refractivity contribution >= 4 is 17.4 Å². The van der Waals surface area contributed by atoms with Crippen molar-refractivity contribution in [2.24, 2.45) is 5.92 Å². The van der Waals surface area contributed by atoms with E-state index in [4.69, 9.17) is 5.26 Å². The summed E-state index contributed by atoms with van der Waals surface area (Å²) in [4.78, 5) is 22.5. The van der Waals surface area contributed by atoms with E-state index in [9.17, 15) is 4.79 Å². The van der Waals surface area contributed by atoms with Crippen LogP contribution in [0.5, 0.6) is 0 Å². The quantitative estimate of drug-likeness (QED) is 0.940. The lowest BCUT2D eigenvalue weighted by Gasteiger charge is -2.32. The highest BCUT2D eigenvalue weighted by Gasteiger charge is 2.25. The summed E-state index contributed by atoms with van der Waals surface area (Å²) in [6, 6.07) is 13.2. The zero-order valence-electron chi connectivity index (χ0n) is 12.6. The molecule has 2 aromatic rings. The van der Waals surface area contributed by atoms with Crippen molar-refractivity contribution in [1.29, 1.82) is 5.26 Å². The number of rotatable bonds is 3. The summed E-state index contributed by atoms with van der Waals surface area (Å²) in [5, 5.41) is 11.9. The second kappa shape index (κ2) is 6.88. The predicted molar refractivity (Wildman–Crippen MR) is 86.8 cm³/mol. The van der Waals surface area contributed by atoms with Gasteiger partial charge < -0.3 is 10.2 Å². The lowest BCUT2D eigenvalue weighted by molar-refractivity contribution is -0.120. The van der Waals surface area contributed by atoms with Gasteiger partial charge in [-0.2, -0.15) is 5.26 Å². The third kappa shape index (κ3) is 3.64. The summed E-state index contributed by atoms with van der Waals surface area (Å²) >= 11 is 0. The summed E-state index contributed by atoms with van der Waals surface area (Å²) in [7, 11) is 0. The molecule has 1 saturated heterocycles. The number of hydrogen-bond acceptors (Lipinski definition) is 5. The molecule has 0 spiro atoms. The van der Waals surface area contributed by atoms with Crippen LogP contribution in [0.1, 0.15) is 18.5 Å². The highest BCUT2D eigenvalue weighted by atomic mass is 16.1. The molecule has 116 valence electrons. The van der Waals surface area contributed by atoms with Crippen molar-refractivity contribution < 1.29 is 4.79 Å². The molecule has 1 fully saturated rings. The van der Waals surface area contributed by atoms with Crippen LogP contribution in [-0.2, 0) is 4.79 Å². The Morgan fingerprint density at radius 2 is 1.96 bits per heavy atom. The number of hydrogen-bond donors (Lipinski definition) is 1. The highest BCUT2D eigenvalue weighted by Crippen LogP contribution is 2.23. The van der Waals surface area contributed by atoms with Crippen LogP contribution in [0, 0.1) is 17.2 Å². The van der Waals surface area contributed by atoms with Crippen LogP contribution < -0.4 is 10.2 Å². The van der Waals surface area contributed by atoms with E-state index in [-0.39, 0.29) is 11.8 Å². The Hall–Kier alpha value is -2.94. The lowest BCUT2D eigenvalue weighted by atomic mass is 9.95. The molecule has 1 amide bonds. The first-order chi connectivity index (χ1) is 11.3. The van der Waals surface area contributed by atoms with Gasteiger partial charge in [0.15, 0.2) is 0 Å². The number of nitriles is 1. The van der Waals surface area contributed by atoms with E-state index in [1.807, 2.05) is 36.4 Å². The number of para-hydroxylation sites is 1. The highest BCUT2D eigenvalue weighted by molar-refractivity contribution is 5.92. The van der Waals surface area contributed by atoms with Gasteiger partial charge in [-0.1, -0.05) is 18.2 Å². The molecule has 0 saturated carbocycles. The van der Waals surface area contributed by atoms with Crippen LogP contribution in [0.2, 0.25) is 0 Å². The van der Waals surface area contributed by atoms with Crippen molar-refractivity contribution in [2.75, 3.05) is 23.3 Å². The number of aromatic nitrogens is 2. The molecule has 1 N–H and O–H groups in total. The Morgan fingerprint density at radius 3 is 2.65 bits per heavy atom. The van der Waals surface area contributed by atoms with Gasteiger partial charge in [-0.05, 0) is 25.0 Å². The van der Waals surface area contributed by atoms with Gasteiger partial charge in [-0.15, -0.1) is 0 Å². The summed E-state index contributed by atoms with van der Waals surface area (Å²) in [5.74, 6) is 0.818. The SMILES string of the molecule is N#Cc1cc(N2CCC(C(=O)Nc3ccccc3)CC2)ncn1. The Labute approximate surface area is 134 Å². The summed E-state index contributed by atoms with van der Waals surface area (Å²) < 4.78 is 0. The number of amides is 1. The minimum absolute atomic E-state index is 0.00345. The van der Waals surface area contributed by atoms with Crippen LogP contribution >= 0.6 is 0 Å². The summed E-state index contributed by atoms with van der Waals surface area (Å²) in [6.45, 7) is 1.49. The van der Waals surface area contributed by atoms with E-state index in [0.29, 0.717) is 5.69 Å². The Kier molecular flexibility index (Phi) is 4.48. The van der Waals surface area contributed by atoms with Crippen molar-refractivity contribution in [3.63, 3.8) is 0 Å². The van der Waals surface area contributed by atoms with Crippen molar-refractivity contribution in [3.05, 3.63) is 48.4 Å². The number of carbonyl (C=O) groups is 1. The molecule has 1 aromatic heterocycles. The standard InChI is InChI=1S/C17H17N5O/c18-11-15-10-16(20-12-19-15)22-8-6-13(7-9-22)17(23)21-14-4-2-1-3-5-14/h1-5,10,12-13H,6-9H2,(H,21,23). The Balaban J connectivity index is 1.58. The van der Waals surface area contributed by atoms with Gasteiger partial charge in [0.2, 0.25) is 5.91 Å². The lowest BCUT2D eigenvalue weighted by Crippen LogP contribution is -2.38. The maximum absolute atomic E-state index is 12.3. The molecule has 6 heteroatoms. The van der Waals surface area contributed by atoms with Crippen molar-refractivity contribution in [2.45, 2.75) is 12.8 Å². The number of anilines is 2. The summed E-state index contributed by atoms with van der Waals surface area (Å²) in [5.41, 5.74) is 1.19. The normalized spacial score (nSPS) is 15.0. The van der Waals surface area contributed by atoms with Gasteiger partial charge in [-0.25, -0.2) is 9.97 Å². The van der Waals surface area contributed by atoms with Crippen molar-refractivity contribution in [1.82, 2.24) is 9.97 Å². The molecule has 2 heterocycles. The monoisotopic (exact) mass is 307 g/mol. The van der Waals surface area contributed by atoms with Gasteiger partial charge in [-0.3, -0.25) is 4.79 Å². The molecule has 3 rings (SSSR count). The third-order valence-electron chi connectivity index (χ3n) is 4.00. The van der Waals surface area contributed by atoms with E-state index in [0.717, 1.165) is 37.4 Å². The van der Waals surface area contributed by atoms with E-state index >= 15 is 0 Å². The smallest absolute Gasteiger partial charge is 0.227 e. The minimum Gasteiger partial charge on any atom is -0.356 e. The fraction of sp³-hybridized carbons (Fsp3) is 0.294. The molecular formula is C17H17N5O. The molecular weight excluding hydrogens is 290 g/mol. The Morgan fingerprint density at radius 1 is 1.22 bits per heavy atom. The van der Waals surface area contributed by atoms with Crippen LogP contribution in [0.15, 0.2) is 42.7 Å². The number of piperidine rings is 1. The average Bonchev–Trinajstić information content (AvgIpc) is 2.63. The summed E-state index contributed by atoms with van der Waals surface area (Å²) in [6.07, 6.45) is 2.94. The second-order valence-electron chi connectivity index (χ2n) is 5.49. The van der Waals surface area contributed by atoms with Gasteiger partial charge >= 0.3 is 0 Å². The molecule has 0 bridgehead atoms. The maximum Gasteiger partial charge on any atom is 0.227 e. The molecule has 6 nitrogen and oxygen atoms in total. The zero-order chi connectivity index (χ0) is 16.1. The number of nitrogens with one attached hydrogen (secondary N) is 1. The fourth-order valence-corrected chi connectivity index (χ4v) is 2.72. The third-order valence-corrected chi connectivity index (χ3v) is 4.00. The Bertz CT molecular complexity index is 717. The van der Waals surface area contributed by atoms with E-state index in [2.05, 4.69) is 20.2 Å². The van der Waals surface area contributed by atoms with Crippen LogP contribution in [0.4, 0.5) is 11.5 Å². The maximum atomic E-state index is 12.3. The molecule has 0 unspecified atom stereocenters. The first kappa shape index (κ1) is 15.0. The predicted octanol–water partition coefficient (Wildman–Crippen LogP) is 2.20. The zero-order valence-corrected chi connectivity index (χ0v) is 12.6. The van der Waals surface area contributed by atoms with Gasteiger partial charge in [0, 0.05) is 30.8 Å². The molecule has 1 aliphatic rings. The number of benzene rings is 1. The van der Waals surface area contributed by atoms with Crippen LogP contribution in [0.3, 0.4) is 0 Å². The van der Waals surface area contributed by atoms with Gasteiger partial charge in [0.1, 0.15) is 23.9 Å². The molecule has 0 aliphatic carbocycles. The van der Waals surface area contributed by atoms with Crippen LogP contribution in [-0.4, -0.2) is 29.0 Å². The van der Waals surface area contributed by atoms with Crippen LogP contribution in [0.25, 0.3) is 0 Å². The first-order valence-corrected chi connectivity index (χ1v) is 7.59. The van der Waals surface area contributed by atoms with Gasteiger partial charge in [0.05, 0.1) is 0 Å². The molecule has 23 heavy (non-hydrogen) atoms. The van der Waals surface area contributed by atoms with E-state index in [1.165, 1.54) is 6.33 Å².